The number of hydrogen-bond acceptors (Lipinski definition) is 4. The number of carbonyl (C=O) groups is 2. The molecule has 0 radical (unpaired) electrons. The number of ether oxygens (including phenoxy) is 1. The van der Waals surface area contributed by atoms with Gasteiger partial charge in [-0.15, -0.1) is 0 Å². The van der Waals surface area contributed by atoms with E-state index in [1.807, 2.05) is 30.3 Å². The van der Waals surface area contributed by atoms with E-state index in [-0.39, 0.29) is 31.0 Å². The number of benzene rings is 1. The Morgan fingerprint density at radius 2 is 2.08 bits per heavy atom. The SMILES string of the molecule is O=Cc1cc(C2CN(C(=O)OCc3ccccc3)CCC2(F)F)ccn1. The van der Waals surface area contributed by atoms with Crippen LogP contribution in [0.1, 0.15) is 34.0 Å². The predicted octanol–water partition coefficient (Wildman–Crippen LogP) is 3.66. The van der Waals surface area contributed by atoms with Gasteiger partial charge in [0.2, 0.25) is 0 Å². The Morgan fingerprint density at radius 1 is 1.31 bits per heavy atom. The number of rotatable bonds is 4. The van der Waals surface area contributed by atoms with E-state index in [1.165, 1.54) is 23.2 Å². The maximum absolute atomic E-state index is 14.4. The van der Waals surface area contributed by atoms with Crippen LogP contribution in [0.15, 0.2) is 48.7 Å². The predicted molar refractivity (Wildman–Crippen MR) is 90.1 cm³/mol. The fourth-order valence-electron chi connectivity index (χ4n) is 2.98. The molecule has 1 atom stereocenters. The van der Waals surface area contributed by atoms with E-state index in [0.717, 1.165) is 5.56 Å². The summed E-state index contributed by atoms with van der Waals surface area (Å²) in [5, 5.41) is 0. The molecule has 136 valence electrons. The molecule has 5 nitrogen and oxygen atoms in total. The summed E-state index contributed by atoms with van der Waals surface area (Å²) in [6, 6.07) is 11.9. The zero-order valence-electron chi connectivity index (χ0n) is 14.0. The molecule has 0 N–H and O–H groups in total. The van der Waals surface area contributed by atoms with Crippen molar-refractivity contribution in [2.45, 2.75) is 24.9 Å². The number of alkyl halides is 2. The summed E-state index contributed by atoms with van der Waals surface area (Å²) in [4.78, 5) is 28.2. The van der Waals surface area contributed by atoms with Crippen molar-refractivity contribution < 1.29 is 23.1 Å². The summed E-state index contributed by atoms with van der Waals surface area (Å²) in [7, 11) is 0. The van der Waals surface area contributed by atoms with Crippen LogP contribution in [-0.2, 0) is 11.3 Å². The van der Waals surface area contributed by atoms with Crippen molar-refractivity contribution >= 4 is 12.4 Å². The Labute approximate surface area is 149 Å². The van der Waals surface area contributed by atoms with E-state index in [4.69, 9.17) is 4.74 Å². The fraction of sp³-hybridized carbons (Fsp3) is 0.316. The third kappa shape index (κ3) is 4.04. The van der Waals surface area contributed by atoms with Gasteiger partial charge in [-0.3, -0.25) is 9.78 Å². The van der Waals surface area contributed by atoms with Crippen molar-refractivity contribution in [1.29, 1.82) is 0 Å². The van der Waals surface area contributed by atoms with Crippen LogP contribution in [0.2, 0.25) is 0 Å². The molecule has 1 fully saturated rings. The molecule has 2 heterocycles. The molecular formula is C19H18F2N2O3. The Hall–Kier alpha value is -2.83. The summed E-state index contributed by atoms with van der Waals surface area (Å²) in [5.74, 6) is -4.18. The summed E-state index contributed by atoms with van der Waals surface area (Å²) in [6.45, 7) is -0.173. The first-order valence-electron chi connectivity index (χ1n) is 8.24. The van der Waals surface area contributed by atoms with Gasteiger partial charge < -0.3 is 9.64 Å². The highest BCUT2D eigenvalue weighted by Gasteiger charge is 2.46. The van der Waals surface area contributed by atoms with Crippen molar-refractivity contribution in [3.05, 3.63) is 65.5 Å². The van der Waals surface area contributed by atoms with Gasteiger partial charge in [-0.05, 0) is 23.3 Å². The molecule has 0 aliphatic carbocycles. The molecule has 0 spiro atoms. The molecule has 26 heavy (non-hydrogen) atoms. The van der Waals surface area contributed by atoms with Crippen molar-refractivity contribution in [2.75, 3.05) is 13.1 Å². The third-order valence-corrected chi connectivity index (χ3v) is 4.42. The average molecular weight is 360 g/mol. The third-order valence-electron chi connectivity index (χ3n) is 4.42. The quantitative estimate of drug-likeness (QED) is 0.781. The Bertz CT molecular complexity index is 783. The minimum atomic E-state index is -2.97. The lowest BCUT2D eigenvalue weighted by atomic mass is 9.87. The number of halogens is 2. The van der Waals surface area contributed by atoms with Gasteiger partial charge in [-0.2, -0.15) is 0 Å². The highest BCUT2D eigenvalue weighted by atomic mass is 19.3. The second-order valence-electron chi connectivity index (χ2n) is 6.18. The molecule has 0 bridgehead atoms. The van der Waals surface area contributed by atoms with Gasteiger partial charge in [-0.1, -0.05) is 30.3 Å². The van der Waals surface area contributed by atoms with Crippen molar-refractivity contribution in [3.63, 3.8) is 0 Å². The highest BCUT2D eigenvalue weighted by molar-refractivity contribution is 5.72. The standard InChI is InChI=1S/C19H18F2N2O3/c20-19(21)7-9-23(18(25)26-13-14-4-2-1-3-5-14)11-17(19)15-6-8-22-16(10-15)12-24/h1-6,8,10,12,17H,7,9,11,13H2. The van der Waals surface area contributed by atoms with Crippen LogP contribution in [0.5, 0.6) is 0 Å². The van der Waals surface area contributed by atoms with E-state index in [2.05, 4.69) is 4.98 Å². The summed E-state index contributed by atoms with van der Waals surface area (Å²) in [5.41, 5.74) is 1.19. The summed E-state index contributed by atoms with van der Waals surface area (Å²) >= 11 is 0. The zero-order valence-corrected chi connectivity index (χ0v) is 14.0. The minimum Gasteiger partial charge on any atom is -0.445 e. The number of pyridine rings is 1. The summed E-state index contributed by atoms with van der Waals surface area (Å²) in [6.07, 6.45) is 0.744. The molecule has 1 aliphatic rings. The smallest absolute Gasteiger partial charge is 0.410 e. The van der Waals surface area contributed by atoms with Crippen molar-refractivity contribution in [2.24, 2.45) is 0 Å². The Balaban J connectivity index is 1.70. The normalized spacial score (nSPS) is 19.0. The molecule has 3 rings (SSSR count). The molecular weight excluding hydrogens is 342 g/mol. The number of aldehydes is 1. The molecule has 1 amide bonds. The number of nitrogens with zero attached hydrogens (tertiary/aromatic N) is 2. The van der Waals surface area contributed by atoms with Crippen LogP contribution >= 0.6 is 0 Å². The lowest BCUT2D eigenvalue weighted by Crippen LogP contribution is -2.48. The molecule has 1 unspecified atom stereocenters. The molecule has 0 saturated carbocycles. The number of amides is 1. The molecule has 1 aromatic heterocycles. The number of carbonyl (C=O) groups excluding carboxylic acids is 2. The van der Waals surface area contributed by atoms with Gasteiger partial charge >= 0.3 is 6.09 Å². The molecule has 2 aromatic rings. The van der Waals surface area contributed by atoms with Gasteiger partial charge in [0.05, 0.1) is 5.92 Å². The largest absolute Gasteiger partial charge is 0.445 e. The molecule has 1 aromatic carbocycles. The molecule has 7 heteroatoms. The van der Waals surface area contributed by atoms with Crippen LogP contribution < -0.4 is 0 Å². The maximum Gasteiger partial charge on any atom is 0.410 e. The van der Waals surface area contributed by atoms with Gasteiger partial charge in [-0.25, -0.2) is 13.6 Å². The first kappa shape index (κ1) is 18.0. The van der Waals surface area contributed by atoms with Crippen molar-refractivity contribution in [1.82, 2.24) is 9.88 Å². The zero-order chi connectivity index (χ0) is 18.6. The lowest BCUT2D eigenvalue weighted by molar-refractivity contribution is -0.0728. The topological polar surface area (TPSA) is 59.5 Å². The molecule has 1 aliphatic heterocycles. The van der Waals surface area contributed by atoms with Crippen LogP contribution in [0.3, 0.4) is 0 Å². The van der Waals surface area contributed by atoms with Gasteiger partial charge in [0.15, 0.2) is 6.29 Å². The second kappa shape index (κ2) is 7.59. The van der Waals surface area contributed by atoms with E-state index in [1.54, 1.807) is 0 Å². The van der Waals surface area contributed by atoms with Gasteiger partial charge in [0.25, 0.3) is 5.92 Å². The van der Waals surface area contributed by atoms with E-state index in [0.29, 0.717) is 6.29 Å². The summed E-state index contributed by atoms with van der Waals surface area (Å²) < 4.78 is 34.0. The fourth-order valence-corrected chi connectivity index (χ4v) is 2.98. The second-order valence-corrected chi connectivity index (χ2v) is 6.18. The van der Waals surface area contributed by atoms with E-state index in [9.17, 15) is 18.4 Å². The number of hydrogen-bond donors (Lipinski definition) is 0. The maximum atomic E-state index is 14.4. The van der Waals surface area contributed by atoms with Crippen molar-refractivity contribution in [3.8, 4) is 0 Å². The number of aromatic nitrogens is 1. The monoisotopic (exact) mass is 360 g/mol. The van der Waals surface area contributed by atoms with Crippen LogP contribution in [0.25, 0.3) is 0 Å². The van der Waals surface area contributed by atoms with Gasteiger partial charge in [0.1, 0.15) is 12.3 Å². The number of piperidine rings is 1. The Morgan fingerprint density at radius 3 is 2.81 bits per heavy atom. The average Bonchev–Trinajstić information content (AvgIpc) is 2.66. The number of likely N-dealkylation sites (tertiary alicyclic amines) is 1. The minimum absolute atomic E-state index is 0.0806. The van der Waals surface area contributed by atoms with Gasteiger partial charge in [0, 0.05) is 25.7 Å². The first-order valence-corrected chi connectivity index (χ1v) is 8.24. The van der Waals surface area contributed by atoms with E-state index >= 15 is 0 Å². The van der Waals surface area contributed by atoms with Crippen LogP contribution in [0.4, 0.5) is 13.6 Å². The van der Waals surface area contributed by atoms with Crippen LogP contribution in [-0.4, -0.2) is 41.3 Å². The highest BCUT2D eigenvalue weighted by Crippen LogP contribution is 2.40. The molecule has 1 saturated heterocycles. The van der Waals surface area contributed by atoms with E-state index < -0.39 is 24.4 Å². The van der Waals surface area contributed by atoms with Crippen LogP contribution in [0, 0.1) is 0 Å². The Kier molecular flexibility index (Phi) is 5.25. The first-order chi connectivity index (χ1) is 12.5. The lowest BCUT2D eigenvalue weighted by Gasteiger charge is -2.38.